The minimum absolute atomic E-state index is 0.0483. The number of amides is 1. The first kappa shape index (κ1) is 27.4. The summed E-state index contributed by atoms with van der Waals surface area (Å²) in [6, 6.07) is 9.16. The average Bonchev–Trinajstić information content (AvgIpc) is 2.85. The van der Waals surface area contributed by atoms with Crippen molar-refractivity contribution in [1.29, 1.82) is 0 Å². The van der Waals surface area contributed by atoms with E-state index in [1.54, 1.807) is 30.3 Å². The van der Waals surface area contributed by atoms with Crippen molar-refractivity contribution >= 4 is 33.2 Å². The number of aliphatic hydroxyl groups excluding tert-OH is 2. The molecule has 12 heteroatoms. The lowest BCUT2D eigenvalue weighted by molar-refractivity contribution is -0.167. The summed E-state index contributed by atoms with van der Waals surface area (Å²) in [6.45, 7) is 0. The smallest absolute Gasteiger partial charge is 0.230 e. The SMILES string of the molecule is CS(=O)(=O)Nc1ccc(C#Cc2ccc(O)c3c2C[C@H]2C[C@H]4CC(O)C(C(N)=O)C(=O)[C@@]4(O)C(O)=C2C3=O)cc1. The molecule has 2 aromatic rings. The number of ketones is 2. The molecule has 3 aliphatic carbocycles. The number of sulfonamides is 1. The molecule has 7 N–H and O–H groups in total. The highest BCUT2D eigenvalue weighted by atomic mass is 32.2. The Morgan fingerprint density at radius 2 is 1.75 bits per heavy atom. The molecule has 0 bridgehead atoms. The molecule has 0 saturated heterocycles. The number of primary amides is 1. The number of hydrogen-bond acceptors (Lipinski definition) is 9. The average molecular weight is 567 g/mol. The fraction of sp³-hybridized carbons (Fsp3) is 0.321. The molecule has 208 valence electrons. The standard InChI is InChI=1S/C28H26N2O9S/c1-40(38,39)30-17-7-3-13(4-8-17)2-5-14-6-9-19(31)22-18(14)11-15-10-16-12-20(32)23(27(29)36)26(35)28(16,37)25(34)21(15)24(22)33/h3-4,6-9,15-16,20,23,30-32,34,37H,10-12H2,1H3,(H2,29,36)/t15-,16+,20?,23?,28+/m1/s1. The maximum Gasteiger partial charge on any atom is 0.230 e. The maximum absolute atomic E-state index is 13.6. The first-order valence-electron chi connectivity index (χ1n) is 12.4. The van der Waals surface area contributed by atoms with E-state index in [9.17, 15) is 43.2 Å². The zero-order valence-electron chi connectivity index (χ0n) is 21.2. The number of rotatable bonds is 3. The molecule has 0 spiro atoms. The van der Waals surface area contributed by atoms with Gasteiger partial charge in [0.15, 0.2) is 17.2 Å². The van der Waals surface area contributed by atoms with Crippen LogP contribution < -0.4 is 10.5 Å². The highest BCUT2D eigenvalue weighted by Crippen LogP contribution is 2.51. The van der Waals surface area contributed by atoms with Gasteiger partial charge in [0, 0.05) is 28.3 Å². The maximum atomic E-state index is 13.6. The van der Waals surface area contributed by atoms with Crippen molar-refractivity contribution in [3.05, 3.63) is 70.0 Å². The summed E-state index contributed by atoms with van der Waals surface area (Å²) in [5.41, 5.74) is 4.15. The van der Waals surface area contributed by atoms with Crippen LogP contribution in [0.2, 0.25) is 0 Å². The van der Waals surface area contributed by atoms with Crippen LogP contribution in [0.4, 0.5) is 5.69 Å². The van der Waals surface area contributed by atoms with Gasteiger partial charge >= 0.3 is 0 Å². The molecule has 0 aliphatic heterocycles. The highest BCUT2D eigenvalue weighted by molar-refractivity contribution is 7.92. The van der Waals surface area contributed by atoms with Crippen molar-refractivity contribution in [3.8, 4) is 17.6 Å². The van der Waals surface area contributed by atoms with Crippen LogP contribution in [0, 0.1) is 29.6 Å². The Balaban J connectivity index is 1.54. The summed E-state index contributed by atoms with van der Waals surface area (Å²) < 4.78 is 25.2. The topological polar surface area (TPSA) is 204 Å². The van der Waals surface area contributed by atoms with Gasteiger partial charge in [0.05, 0.1) is 17.9 Å². The number of nitrogens with two attached hydrogens (primary N) is 1. The number of carbonyl (C=O) groups is 3. The van der Waals surface area contributed by atoms with Crippen LogP contribution in [-0.4, -0.2) is 64.3 Å². The molecule has 0 aromatic heterocycles. The van der Waals surface area contributed by atoms with Crippen LogP contribution >= 0.6 is 0 Å². The highest BCUT2D eigenvalue weighted by Gasteiger charge is 2.62. The summed E-state index contributed by atoms with van der Waals surface area (Å²) in [4.78, 5) is 38.5. The number of aliphatic hydroxyl groups is 3. The van der Waals surface area contributed by atoms with Gasteiger partial charge in [-0.3, -0.25) is 19.1 Å². The Labute approximate surface area is 229 Å². The predicted octanol–water partition coefficient (Wildman–Crippen LogP) is 0.517. The van der Waals surface area contributed by atoms with Gasteiger partial charge in [0.25, 0.3) is 0 Å². The third-order valence-electron chi connectivity index (χ3n) is 7.80. The van der Waals surface area contributed by atoms with E-state index in [-0.39, 0.29) is 36.1 Å². The van der Waals surface area contributed by atoms with Crippen molar-refractivity contribution < 1.29 is 43.2 Å². The van der Waals surface area contributed by atoms with Gasteiger partial charge in [-0.25, -0.2) is 8.42 Å². The number of fused-ring (bicyclic) bond motifs is 3. The molecular weight excluding hydrogens is 540 g/mol. The zero-order chi connectivity index (χ0) is 29.1. The molecule has 2 aromatic carbocycles. The monoisotopic (exact) mass is 566 g/mol. The van der Waals surface area contributed by atoms with Crippen LogP contribution in [0.15, 0.2) is 47.7 Å². The number of nitrogens with one attached hydrogen (secondary N) is 1. The second kappa shape index (κ2) is 9.48. The van der Waals surface area contributed by atoms with E-state index < -0.39 is 62.7 Å². The van der Waals surface area contributed by atoms with Gasteiger partial charge < -0.3 is 26.2 Å². The van der Waals surface area contributed by atoms with E-state index in [0.29, 0.717) is 22.4 Å². The van der Waals surface area contributed by atoms with Crippen molar-refractivity contribution in [2.24, 2.45) is 23.5 Å². The Hall–Kier alpha value is -4.18. The van der Waals surface area contributed by atoms with Crippen molar-refractivity contribution in [3.63, 3.8) is 0 Å². The quantitative estimate of drug-likeness (QED) is 0.226. The summed E-state index contributed by atoms with van der Waals surface area (Å²) in [5, 5.41) is 43.4. The number of allylic oxidation sites excluding steroid dienone is 1. The van der Waals surface area contributed by atoms with Crippen molar-refractivity contribution in [2.75, 3.05) is 11.0 Å². The van der Waals surface area contributed by atoms with Gasteiger partial charge in [-0.05, 0) is 67.1 Å². The van der Waals surface area contributed by atoms with E-state index in [4.69, 9.17) is 5.73 Å². The zero-order valence-corrected chi connectivity index (χ0v) is 22.0. The Kier molecular flexibility index (Phi) is 6.49. The predicted molar refractivity (Wildman–Crippen MR) is 142 cm³/mol. The Morgan fingerprint density at radius 3 is 2.38 bits per heavy atom. The molecule has 11 nitrogen and oxygen atoms in total. The number of anilines is 1. The fourth-order valence-electron chi connectivity index (χ4n) is 6.02. The van der Waals surface area contributed by atoms with E-state index in [1.807, 2.05) is 0 Å². The third-order valence-corrected chi connectivity index (χ3v) is 8.41. The lowest BCUT2D eigenvalue weighted by atomic mass is 9.57. The molecule has 2 unspecified atom stereocenters. The number of benzene rings is 2. The van der Waals surface area contributed by atoms with Crippen LogP contribution in [-0.2, 0) is 26.0 Å². The van der Waals surface area contributed by atoms with E-state index in [2.05, 4.69) is 16.6 Å². The van der Waals surface area contributed by atoms with Crippen LogP contribution in [0.5, 0.6) is 5.75 Å². The summed E-state index contributed by atoms with van der Waals surface area (Å²) in [7, 11) is -3.43. The third kappa shape index (κ3) is 4.42. The van der Waals surface area contributed by atoms with Crippen LogP contribution in [0.25, 0.3) is 0 Å². The summed E-state index contributed by atoms with van der Waals surface area (Å²) in [5.74, 6) is -1.76. The second-order valence-corrected chi connectivity index (χ2v) is 12.2. The van der Waals surface area contributed by atoms with E-state index >= 15 is 0 Å². The van der Waals surface area contributed by atoms with Crippen LogP contribution in [0.1, 0.15) is 39.9 Å². The normalized spacial score (nSPS) is 27.6. The summed E-state index contributed by atoms with van der Waals surface area (Å²) in [6.07, 6.45) is -0.406. The molecule has 1 amide bonds. The summed E-state index contributed by atoms with van der Waals surface area (Å²) >= 11 is 0. The number of aromatic hydroxyl groups is 1. The Morgan fingerprint density at radius 1 is 1.07 bits per heavy atom. The molecule has 0 heterocycles. The number of Topliss-reactive ketones (excluding diaryl/α,β-unsaturated/α-hetero) is 2. The minimum Gasteiger partial charge on any atom is -0.508 e. The van der Waals surface area contributed by atoms with E-state index in [0.717, 1.165) is 6.26 Å². The van der Waals surface area contributed by atoms with Gasteiger partial charge in [0.1, 0.15) is 17.4 Å². The molecule has 1 fully saturated rings. The molecule has 5 rings (SSSR count). The van der Waals surface area contributed by atoms with Gasteiger partial charge in [-0.1, -0.05) is 11.8 Å². The Bertz CT molecular complexity index is 1670. The largest absolute Gasteiger partial charge is 0.508 e. The van der Waals surface area contributed by atoms with Crippen molar-refractivity contribution in [2.45, 2.75) is 31.0 Å². The lowest BCUT2D eigenvalue weighted by Gasteiger charge is -2.48. The number of phenols is 1. The first-order valence-corrected chi connectivity index (χ1v) is 14.3. The first-order chi connectivity index (χ1) is 18.7. The van der Waals surface area contributed by atoms with Gasteiger partial charge in [0.2, 0.25) is 15.9 Å². The number of hydrogen-bond donors (Lipinski definition) is 6. The molecule has 5 atom stereocenters. The molecule has 40 heavy (non-hydrogen) atoms. The van der Waals surface area contributed by atoms with Crippen LogP contribution in [0.3, 0.4) is 0 Å². The molecule has 1 saturated carbocycles. The van der Waals surface area contributed by atoms with Gasteiger partial charge in [-0.2, -0.15) is 0 Å². The van der Waals surface area contributed by atoms with Gasteiger partial charge in [-0.15, -0.1) is 0 Å². The minimum atomic E-state index is -3.43. The fourth-order valence-corrected chi connectivity index (χ4v) is 6.58. The number of carbonyl (C=O) groups excluding carboxylic acids is 3. The second-order valence-electron chi connectivity index (χ2n) is 10.4. The lowest BCUT2D eigenvalue weighted by Crippen LogP contribution is -2.63. The molecular formula is C28H26N2O9S. The number of phenolic OH excluding ortho intramolecular Hbond substituents is 1. The molecule has 3 aliphatic rings. The van der Waals surface area contributed by atoms with Crippen molar-refractivity contribution in [1.82, 2.24) is 0 Å². The molecule has 0 radical (unpaired) electrons. The van der Waals surface area contributed by atoms with E-state index in [1.165, 1.54) is 6.07 Å².